The van der Waals surface area contributed by atoms with Crippen molar-refractivity contribution in [3.05, 3.63) is 35.4 Å². The first-order valence-corrected chi connectivity index (χ1v) is 13.2. The van der Waals surface area contributed by atoms with Gasteiger partial charge in [-0.05, 0) is 35.8 Å². The van der Waals surface area contributed by atoms with Gasteiger partial charge in [0.25, 0.3) is 5.91 Å². The fourth-order valence-electron chi connectivity index (χ4n) is 4.43. The van der Waals surface area contributed by atoms with Crippen molar-refractivity contribution in [2.75, 3.05) is 24.6 Å². The third-order valence-corrected chi connectivity index (χ3v) is 8.18. The van der Waals surface area contributed by atoms with Gasteiger partial charge in [-0.25, -0.2) is 13.2 Å². The second-order valence-corrected chi connectivity index (χ2v) is 13.0. The maximum atomic E-state index is 13.3. The number of nitrogens with one attached hydrogen (secondary N) is 1. The summed E-state index contributed by atoms with van der Waals surface area (Å²) in [5.41, 5.74) is 0.432. The molecule has 2 atom stereocenters. The van der Waals surface area contributed by atoms with Crippen LogP contribution in [0.1, 0.15) is 59.1 Å². The number of carbonyl (C=O) groups excluding carboxylic acids is 3. The molecule has 1 aromatic carbocycles. The molecule has 1 N–H and O–H groups in total. The lowest BCUT2D eigenvalue weighted by Gasteiger charge is -2.31. The SMILES string of the molecule is CC(C)CN(C(=O)CN1C(=O)NC(C)(c2ccc(C(C)(C)C)cc2)C1=O)C1CCS(=O)(=O)C1. The van der Waals surface area contributed by atoms with E-state index in [0.29, 0.717) is 18.5 Å². The van der Waals surface area contributed by atoms with E-state index in [2.05, 4.69) is 26.1 Å². The molecular weight excluding hydrogens is 442 g/mol. The molecule has 0 radical (unpaired) electrons. The minimum atomic E-state index is -3.18. The van der Waals surface area contributed by atoms with E-state index >= 15 is 0 Å². The number of benzene rings is 1. The number of hydrogen-bond acceptors (Lipinski definition) is 5. The maximum Gasteiger partial charge on any atom is 0.325 e. The Hall–Kier alpha value is -2.42. The van der Waals surface area contributed by atoms with E-state index in [9.17, 15) is 22.8 Å². The van der Waals surface area contributed by atoms with Crippen molar-refractivity contribution in [2.45, 2.75) is 65.0 Å². The molecule has 0 aliphatic carbocycles. The molecule has 182 valence electrons. The second-order valence-electron chi connectivity index (χ2n) is 10.8. The maximum absolute atomic E-state index is 13.3. The standard InChI is InChI=1S/C24H35N3O5S/c1-16(2)13-26(19-11-12-33(31,32)15-19)20(28)14-27-21(29)24(6,25-22(27)30)18-9-7-17(8-10-18)23(3,4)5/h7-10,16,19H,11-15H2,1-6H3,(H,25,30). The van der Waals surface area contributed by atoms with Gasteiger partial charge < -0.3 is 10.2 Å². The molecule has 1 aromatic rings. The number of nitrogens with zero attached hydrogens (tertiary/aromatic N) is 2. The zero-order valence-electron chi connectivity index (χ0n) is 20.3. The van der Waals surface area contributed by atoms with Crippen molar-refractivity contribution < 1.29 is 22.8 Å². The molecule has 9 heteroatoms. The van der Waals surface area contributed by atoms with Crippen molar-refractivity contribution in [2.24, 2.45) is 5.92 Å². The number of amides is 4. The second kappa shape index (κ2) is 8.74. The van der Waals surface area contributed by atoms with Crippen LogP contribution in [0.15, 0.2) is 24.3 Å². The van der Waals surface area contributed by atoms with Crippen LogP contribution >= 0.6 is 0 Å². The highest BCUT2D eigenvalue weighted by Crippen LogP contribution is 2.31. The fourth-order valence-corrected chi connectivity index (χ4v) is 6.17. The average molecular weight is 478 g/mol. The van der Waals surface area contributed by atoms with Crippen LogP contribution in [0.2, 0.25) is 0 Å². The van der Waals surface area contributed by atoms with E-state index in [0.717, 1.165) is 10.5 Å². The molecule has 0 aromatic heterocycles. The van der Waals surface area contributed by atoms with E-state index in [-0.39, 0.29) is 22.8 Å². The summed E-state index contributed by atoms with van der Waals surface area (Å²) in [6.07, 6.45) is 0.374. The van der Waals surface area contributed by atoms with Crippen molar-refractivity contribution in [1.29, 1.82) is 0 Å². The number of carbonyl (C=O) groups is 3. The smallest absolute Gasteiger partial charge is 0.325 e. The summed E-state index contributed by atoms with van der Waals surface area (Å²) in [6.45, 7) is 11.8. The number of hydrogen-bond donors (Lipinski definition) is 1. The minimum Gasteiger partial charge on any atom is -0.337 e. The zero-order valence-corrected chi connectivity index (χ0v) is 21.2. The average Bonchev–Trinajstić information content (AvgIpc) is 3.17. The van der Waals surface area contributed by atoms with Crippen LogP contribution in [0.4, 0.5) is 4.79 Å². The molecule has 0 spiro atoms. The van der Waals surface area contributed by atoms with E-state index in [1.807, 2.05) is 38.1 Å². The van der Waals surface area contributed by atoms with Gasteiger partial charge in [0, 0.05) is 12.6 Å². The molecular formula is C24H35N3O5S. The Labute approximate surface area is 196 Å². The number of sulfone groups is 1. The van der Waals surface area contributed by atoms with E-state index < -0.39 is 45.8 Å². The highest BCUT2D eigenvalue weighted by atomic mass is 32.2. The molecule has 3 rings (SSSR count). The Morgan fingerprint density at radius 1 is 1.21 bits per heavy atom. The van der Waals surface area contributed by atoms with Gasteiger partial charge in [0.15, 0.2) is 9.84 Å². The Morgan fingerprint density at radius 3 is 2.30 bits per heavy atom. The van der Waals surface area contributed by atoms with Crippen LogP contribution < -0.4 is 5.32 Å². The third-order valence-electron chi connectivity index (χ3n) is 6.43. The fraction of sp³-hybridized carbons (Fsp3) is 0.625. The van der Waals surface area contributed by atoms with Crippen molar-refractivity contribution in [3.63, 3.8) is 0 Å². The van der Waals surface area contributed by atoms with E-state index in [4.69, 9.17) is 0 Å². The summed E-state index contributed by atoms with van der Waals surface area (Å²) in [5, 5.41) is 2.74. The van der Waals surface area contributed by atoms with E-state index in [1.54, 1.807) is 6.92 Å². The highest BCUT2D eigenvalue weighted by molar-refractivity contribution is 7.91. The van der Waals surface area contributed by atoms with Crippen LogP contribution in [0.5, 0.6) is 0 Å². The molecule has 0 saturated carbocycles. The van der Waals surface area contributed by atoms with Crippen LogP contribution in [0, 0.1) is 5.92 Å². The number of urea groups is 1. The zero-order chi connectivity index (χ0) is 24.8. The molecule has 2 heterocycles. The first-order valence-electron chi connectivity index (χ1n) is 11.4. The number of rotatable bonds is 6. The van der Waals surface area contributed by atoms with Crippen LogP contribution in [-0.4, -0.2) is 66.7 Å². The first-order chi connectivity index (χ1) is 15.1. The van der Waals surface area contributed by atoms with Crippen LogP contribution in [0.25, 0.3) is 0 Å². The monoisotopic (exact) mass is 477 g/mol. The molecule has 33 heavy (non-hydrogen) atoms. The summed E-state index contributed by atoms with van der Waals surface area (Å²) in [7, 11) is -3.18. The first kappa shape index (κ1) is 25.2. The largest absolute Gasteiger partial charge is 0.337 e. The van der Waals surface area contributed by atoms with Crippen molar-refractivity contribution in [3.8, 4) is 0 Å². The van der Waals surface area contributed by atoms with Crippen molar-refractivity contribution in [1.82, 2.24) is 15.1 Å². The summed E-state index contributed by atoms with van der Waals surface area (Å²) >= 11 is 0. The Kier molecular flexibility index (Phi) is 6.68. The predicted molar refractivity (Wildman–Crippen MR) is 126 cm³/mol. The summed E-state index contributed by atoms with van der Waals surface area (Å²) in [6, 6.07) is 6.50. The van der Waals surface area contributed by atoms with Gasteiger partial charge in [-0.3, -0.25) is 14.5 Å². The van der Waals surface area contributed by atoms with Gasteiger partial charge in [-0.15, -0.1) is 0 Å². The van der Waals surface area contributed by atoms with Gasteiger partial charge >= 0.3 is 6.03 Å². The quantitative estimate of drug-likeness (QED) is 0.634. The Balaban J connectivity index is 1.80. The topological polar surface area (TPSA) is 104 Å². The van der Waals surface area contributed by atoms with Crippen molar-refractivity contribution >= 4 is 27.7 Å². The number of imide groups is 1. The van der Waals surface area contributed by atoms with Gasteiger partial charge in [0.05, 0.1) is 11.5 Å². The lowest BCUT2D eigenvalue weighted by molar-refractivity contribution is -0.140. The molecule has 4 amide bonds. The van der Waals surface area contributed by atoms with Gasteiger partial charge in [-0.2, -0.15) is 0 Å². The summed E-state index contributed by atoms with van der Waals surface area (Å²) < 4.78 is 23.9. The lowest BCUT2D eigenvalue weighted by Crippen LogP contribution is -2.49. The predicted octanol–water partition coefficient (Wildman–Crippen LogP) is 2.42. The Morgan fingerprint density at radius 2 is 1.82 bits per heavy atom. The lowest BCUT2D eigenvalue weighted by atomic mass is 9.84. The molecule has 2 unspecified atom stereocenters. The molecule has 2 fully saturated rings. The Bertz CT molecular complexity index is 1040. The van der Waals surface area contributed by atoms with Crippen LogP contribution in [0.3, 0.4) is 0 Å². The highest BCUT2D eigenvalue weighted by Gasteiger charge is 2.50. The van der Waals surface area contributed by atoms with Gasteiger partial charge in [0.1, 0.15) is 12.1 Å². The van der Waals surface area contributed by atoms with Crippen LogP contribution in [-0.2, 0) is 30.4 Å². The molecule has 2 aliphatic rings. The summed E-state index contributed by atoms with van der Waals surface area (Å²) in [5.74, 6) is -0.823. The van der Waals surface area contributed by atoms with Gasteiger partial charge in [0.2, 0.25) is 5.91 Å². The van der Waals surface area contributed by atoms with Gasteiger partial charge in [-0.1, -0.05) is 58.9 Å². The molecule has 0 bridgehead atoms. The summed E-state index contributed by atoms with van der Waals surface area (Å²) in [4.78, 5) is 41.7. The molecule has 2 saturated heterocycles. The molecule has 8 nitrogen and oxygen atoms in total. The minimum absolute atomic E-state index is 0.0469. The van der Waals surface area contributed by atoms with E-state index in [1.165, 1.54) is 4.90 Å². The third kappa shape index (κ3) is 5.23. The normalized spacial score (nSPS) is 24.9. The molecule has 2 aliphatic heterocycles.